The Hall–Kier alpha value is -0.660. The third-order valence-corrected chi connectivity index (χ3v) is 4.93. The normalized spacial score (nSPS) is 20.3. The van der Waals surface area contributed by atoms with Gasteiger partial charge in [-0.05, 0) is 28.9 Å². The SMILES string of the molecule is Cc1ncc(Br)cc1N1CCN(C)S1(=O)=O. The number of rotatable bonds is 1. The lowest BCUT2D eigenvalue weighted by Crippen LogP contribution is -2.31. The highest BCUT2D eigenvalue weighted by Gasteiger charge is 2.34. The highest BCUT2D eigenvalue weighted by Crippen LogP contribution is 2.28. The molecule has 0 unspecified atom stereocenters. The Labute approximate surface area is 103 Å². The molecular weight excluding hydrogens is 294 g/mol. The Kier molecular flexibility index (Phi) is 2.93. The van der Waals surface area contributed by atoms with Crippen molar-refractivity contribution < 1.29 is 8.42 Å². The van der Waals surface area contributed by atoms with Crippen LogP contribution < -0.4 is 4.31 Å². The smallest absolute Gasteiger partial charge is 0.258 e. The number of pyridine rings is 1. The van der Waals surface area contributed by atoms with Gasteiger partial charge in [-0.2, -0.15) is 12.7 Å². The molecule has 0 aromatic carbocycles. The van der Waals surface area contributed by atoms with Crippen LogP contribution in [0.2, 0.25) is 0 Å². The number of aromatic nitrogens is 1. The highest BCUT2D eigenvalue weighted by atomic mass is 79.9. The summed E-state index contributed by atoms with van der Waals surface area (Å²) < 4.78 is 27.4. The second kappa shape index (κ2) is 3.97. The summed E-state index contributed by atoms with van der Waals surface area (Å²) in [6.07, 6.45) is 1.66. The zero-order chi connectivity index (χ0) is 11.9. The Morgan fingerprint density at radius 1 is 1.44 bits per heavy atom. The van der Waals surface area contributed by atoms with Crippen LogP contribution in [0.5, 0.6) is 0 Å². The van der Waals surface area contributed by atoms with Crippen molar-refractivity contribution in [1.29, 1.82) is 0 Å². The van der Waals surface area contributed by atoms with Crippen molar-refractivity contribution in [1.82, 2.24) is 9.29 Å². The van der Waals surface area contributed by atoms with Crippen molar-refractivity contribution >= 4 is 31.8 Å². The molecule has 0 N–H and O–H groups in total. The van der Waals surface area contributed by atoms with Gasteiger partial charge in [0.05, 0.1) is 11.4 Å². The molecule has 1 fully saturated rings. The van der Waals surface area contributed by atoms with Gasteiger partial charge >= 0.3 is 10.2 Å². The van der Waals surface area contributed by atoms with Gasteiger partial charge in [0.1, 0.15) is 0 Å². The van der Waals surface area contributed by atoms with Crippen LogP contribution in [0.1, 0.15) is 5.69 Å². The highest BCUT2D eigenvalue weighted by molar-refractivity contribution is 9.10. The van der Waals surface area contributed by atoms with Crippen molar-refractivity contribution in [3.05, 3.63) is 22.4 Å². The summed E-state index contributed by atoms with van der Waals surface area (Å²) >= 11 is 3.30. The Bertz CT molecular complexity index is 517. The van der Waals surface area contributed by atoms with Crippen molar-refractivity contribution in [2.24, 2.45) is 0 Å². The minimum atomic E-state index is -3.35. The molecule has 1 aromatic rings. The molecule has 0 aliphatic carbocycles. The van der Waals surface area contributed by atoms with Crippen LogP contribution in [0, 0.1) is 6.92 Å². The van der Waals surface area contributed by atoms with E-state index < -0.39 is 10.2 Å². The Balaban J connectivity index is 2.50. The molecule has 2 rings (SSSR count). The van der Waals surface area contributed by atoms with Crippen molar-refractivity contribution in [2.75, 3.05) is 24.4 Å². The predicted molar refractivity (Wildman–Crippen MR) is 65.6 cm³/mol. The van der Waals surface area contributed by atoms with Gasteiger partial charge in [-0.15, -0.1) is 0 Å². The molecule has 0 saturated carbocycles. The largest absolute Gasteiger partial charge is 0.303 e. The first-order chi connectivity index (χ1) is 7.43. The molecule has 1 aliphatic rings. The monoisotopic (exact) mass is 305 g/mol. The summed E-state index contributed by atoms with van der Waals surface area (Å²) in [7, 11) is -1.77. The first kappa shape index (κ1) is 11.8. The molecule has 1 aromatic heterocycles. The fraction of sp³-hybridized carbons (Fsp3) is 0.444. The van der Waals surface area contributed by atoms with Gasteiger partial charge in [-0.25, -0.2) is 0 Å². The van der Waals surface area contributed by atoms with E-state index in [0.717, 1.165) is 4.47 Å². The van der Waals surface area contributed by atoms with Crippen LogP contribution in [0.15, 0.2) is 16.7 Å². The number of hydrogen-bond donors (Lipinski definition) is 0. The standard InChI is InChI=1S/C9H12BrN3O2S/c1-7-9(5-8(10)6-11-7)13-4-3-12(2)16(13,14)15/h5-6H,3-4H2,1-2H3. The maximum absolute atomic E-state index is 12.0. The molecule has 88 valence electrons. The van der Waals surface area contributed by atoms with Gasteiger partial charge in [0.25, 0.3) is 0 Å². The Morgan fingerprint density at radius 2 is 2.12 bits per heavy atom. The summed E-state index contributed by atoms with van der Waals surface area (Å²) in [6.45, 7) is 2.78. The molecule has 1 aliphatic heterocycles. The first-order valence-corrected chi connectivity index (χ1v) is 6.98. The summed E-state index contributed by atoms with van der Waals surface area (Å²) in [6, 6.07) is 1.78. The van der Waals surface area contributed by atoms with E-state index in [4.69, 9.17) is 0 Å². The fourth-order valence-electron chi connectivity index (χ4n) is 1.62. The van der Waals surface area contributed by atoms with Gasteiger partial charge in [-0.1, -0.05) is 0 Å². The van der Waals surface area contributed by atoms with Gasteiger partial charge in [0.15, 0.2) is 0 Å². The van der Waals surface area contributed by atoms with Crippen LogP contribution in [-0.4, -0.2) is 37.8 Å². The zero-order valence-corrected chi connectivity index (χ0v) is 11.4. The van der Waals surface area contributed by atoms with Gasteiger partial charge in [-0.3, -0.25) is 9.29 Å². The van der Waals surface area contributed by atoms with Crippen LogP contribution >= 0.6 is 15.9 Å². The number of anilines is 1. The molecule has 0 amide bonds. The van der Waals surface area contributed by atoms with Crippen LogP contribution in [0.3, 0.4) is 0 Å². The van der Waals surface area contributed by atoms with E-state index in [1.165, 1.54) is 8.61 Å². The summed E-state index contributed by atoms with van der Waals surface area (Å²) in [5.74, 6) is 0. The maximum Gasteiger partial charge on any atom is 0.303 e. The van der Waals surface area contributed by atoms with E-state index >= 15 is 0 Å². The van der Waals surface area contributed by atoms with E-state index in [0.29, 0.717) is 24.5 Å². The van der Waals surface area contributed by atoms with Crippen molar-refractivity contribution in [3.63, 3.8) is 0 Å². The zero-order valence-electron chi connectivity index (χ0n) is 9.01. The van der Waals surface area contributed by atoms with Crippen LogP contribution in [0.25, 0.3) is 0 Å². The van der Waals surface area contributed by atoms with E-state index in [1.54, 1.807) is 26.2 Å². The van der Waals surface area contributed by atoms with E-state index in [1.807, 2.05) is 0 Å². The molecule has 1 saturated heterocycles. The maximum atomic E-state index is 12.0. The van der Waals surface area contributed by atoms with E-state index in [-0.39, 0.29) is 0 Å². The summed E-state index contributed by atoms with van der Waals surface area (Å²) in [5, 5.41) is 0. The van der Waals surface area contributed by atoms with E-state index in [2.05, 4.69) is 20.9 Å². The average Bonchev–Trinajstić information content (AvgIpc) is 2.47. The number of nitrogens with zero attached hydrogens (tertiary/aromatic N) is 3. The molecule has 7 heteroatoms. The molecule has 2 heterocycles. The minimum absolute atomic E-state index is 0.470. The lowest BCUT2D eigenvalue weighted by Gasteiger charge is -2.19. The topological polar surface area (TPSA) is 53.5 Å². The number of likely N-dealkylation sites (N-methyl/N-ethyl adjacent to an activating group) is 1. The summed E-state index contributed by atoms with van der Waals surface area (Å²) in [4.78, 5) is 4.14. The number of halogens is 1. The second-order valence-electron chi connectivity index (χ2n) is 3.66. The third-order valence-electron chi connectivity index (χ3n) is 2.59. The third kappa shape index (κ3) is 1.83. The molecule has 0 bridgehead atoms. The van der Waals surface area contributed by atoms with Crippen molar-refractivity contribution in [3.8, 4) is 0 Å². The van der Waals surface area contributed by atoms with Crippen LogP contribution in [0.4, 0.5) is 5.69 Å². The molecule has 16 heavy (non-hydrogen) atoms. The first-order valence-electron chi connectivity index (χ1n) is 4.79. The molecule has 0 radical (unpaired) electrons. The van der Waals surface area contributed by atoms with Gasteiger partial charge < -0.3 is 0 Å². The van der Waals surface area contributed by atoms with Crippen LogP contribution in [-0.2, 0) is 10.2 Å². The number of aryl methyl sites for hydroxylation is 1. The Morgan fingerprint density at radius 3 is 2.69 bits per heavy atom. The molecule has 0 atom stereocenters. The molecule has 5 nitrogen and oxygen atoms in total. The second-order valence-corrected chi connectivity index (χ2v) is 6.53. The lowest BCUT2D eigenvalue weighted by molar-refractivity contribution is 0.511. The number of hydrogen-bond acceptors (Lipinski definition) is 3. The predicted octanol–water partition coefficient (Wildman–Crippen LogP) is 1.15. The van der Waals surface area contributed by atoms with Crippen molar-refractivity contribution in [2.45, 2.75) is 6.92 Å². The lowest BCUT2D eigenvalue weighted by atomic mass is 10.3. The fourth-order valence-corrected chi connectivity index (χ4v) is 3.34. The molecular formula is C9H12BrN3O2S. The quantitative estimate of drug-likeness (QED) is 0.782. The average molecular weight is 306 g/mol. The van der Waals surface area contributed by atoms with Gasteiger partial charge in [0, 0.05) is 30.8 Å². The summed E-state index contributed by atoms with van der Waals surface area (Å²) in [5.41, 5.74) is 1.35. The van der Waals surface area contributed by atoms with E-state index in [9.17, 15) is 8.42 Å². The van der Waals surface area contributed by atoms with Gasteiger partial charge in [0.2, 0.25) is 0 Å². The molecule has 0 spiro atoms. The minimum Gasteiger partial charge on any atom is -0.258 e.